The smallest absolute Gasteiger partial charge is 0.0969 e. The molecule has 1 heterocycles. The van der Waals surface area contributed by atoms with Crippen LogP contribution in [0.25, 0.3) is 44.2 Å². The molecule has 140 valence electrons. The van der Waals surface area contributed by atoms with Gasteiger partial charge in [0.25, 0.3) is 0 Å². The molecule has 0 radical (unpaired) electrons. The van der Waals surface area contributed by atoms with Crippen LogP contribution >= 0.6 is 0 Å². The first-order valence-corrected chi connectivity index (χ1v) is 10.1. The molecule has 0 fully saturated rings. The van der Waals surface area contributed by atoms with Gasteiger partial charge in [0.1, 0.15) is 0 Å². The first-order valence-electron chi connectivity index (χ1n) is 10.1. The lowest BCUT2D eigenvalue weighted by molar-refractivity contribution is 0.826. The monoisotopic (exact) mass is 374 g/mol. The predicted molar refractivity (Wildman–Crippen MR) is 122 cm³/mol. The van der Waals surface area contributed by atoms with Crippen LogP contribution in [0.4, 0.5) is 0 Å². The molecule has 5 rings (SSSR count). The van der Waals surface area contributed by atoms with E-state index in [0.29, 0.717) is 0 Å². The lowest BCUT2D eigenvalue weighted by Gasteiger charge is -2.15. The number of aromatic nitrogens is 2. The van der Waals surface area contributed by atoms with E-state index >= 15 is 0 Å². The lowest BCUT2D eigenvalue weighted by Crippen LogP contribution is -2.01. The summed E-state index contributed by atoms with van der Waals surface area (Å²) in [6.07, 6.45) is 0. The van der Waals surface area contributed by atoms with E-state index in [4.69, 9.17) is 9.97 Å². The quantitative estimate of drug-likeness (QED) is 0.311. The van der Waals surface area contributed by atoms with Crippen molar-refractivity contribution in [2.24, 2.45) is 0 Å². The van der Waals surface area contributed by atoms with E-state index in [0.717, 1.165) is 33.4 Å². The van der Waals surface area contributed by atoms with E-state index in [9.17, 15) is 0 Å². The van der Waals surface area contributed by atoms with Gasteiger partial charge in [-0.25, -0.2) is 9.97 Å². The van der Waals surface area contributed by atoms with Crippen molar-refractivity contribution in [3.63, 3.8) is 0 Å². The van der Waals surface area contributed by atoms with Gasteiger partial charge in [0.15, 0.2) is 0 Å². The molecule has 0 amide bonds. The Hall–Kier alpha value is -3.52. The summed E-state index contributed by atoms with van der Waals surface area (Å²) in [5.41, 5.74) is 7.49. The van der Waals surface area contributed by atoms with Crippen LogP contribution < -0.4 is 0 Å². The second-order valence-corrected chi connectivity index (χ2v) is 7.68. The molecular weight excluding hydrogens is 352 g/mol. The van der Waals surface area contributed by atoms with Crippen molar-refractivity contribution < 1.29 is 0 Å². The Kier molecular flexibility index (Phi) is 4.33. The van der Waals surface area contributed by atoms with E-state index in [1.165, 1.54) is 16.5 Å². The number of hydrogen-bond acceptors (Lipinski definition) is 2. The normalized spacial score (nSPS) is 11.4. The van der Waals surface area contributed by atoms with E-state index in [1.54, 1.807) is 0 Å². The molecule has 5 aromatic rings. The van der Waals surface area contributed by atoms with Crippen molar-refractivity contribution >= 4 is 21.8 Å². The number of fused-ring (bicyclic) bond motifs is 3. The Morgan fingerprint density at radius 1 is 0.586 bits per heavy atom. The summed E-state index contributed by atoms with van der Waals surface area (Å²) < 4.78 is 0. The molecule has 0 unspecified atom stereocenters. The maximum atomic E-state index is 5.15. The van der Waals surface area contributed by atoms with Crippen LogP contribution in [0.2, 0.25) is 0 Å². The fourth-order valence-electron chi connectivity index (χ4n) is 3.97. The van der Waals surface area contributed by atoms with Gasteiger partial charge < -0.3 is 0 Å². The van der Waals surface area contributed by atoms with Gasteiger partial charge in [-0.15, -0.1) is 0 Å². The van der Waals surface area contributed by atoms with Crippen LogP contribution in [-0.2, 0) is 0 Å². The first-order chi connectivity index (χ1) is 14.2. The molecule has 29 heavy (non-hydrogen) atoms. The lowest BCUT2D eigenvalue weighted by atomic mass is 9.96. The molecule has 0 bridgehead atoms. The molecule has 1 aromatic heterocycles. The van der Waals surface area contributed by atoms with Crippen molar-refractivity contribution in [1.82, 2.24) is 9.97 Å². The zero-order valence-corrected chi connectivity index (χ0v) is 16.6. The van der Waals surface area contributed by atoms with Gasteiger partial charge in [-0.05, 0) is 28.5 Å². The zero-order valence-electron chi connectivity index (χ0n) is 16.6. The molecule has 0 atom stereocenters. The minimum Gasteiger partial charge on any atom is -0.248 e. The highest BCUT2D eigenvalue weighted by Gasteiger charge is 2.16. The van der Waals surface area contributed by atoms with Gasteiger partial charge in [0.2, 0.25) is 0 Å². The molecule has 2 heteroatoms. The highest BCUT2D eigenvalue weighted by atomic mass is 14.8. The Morgan fingerprint density at radius 2 is 1.28 bits per heavy atom. The third-order valence-corrected chi connectivity index (χ3v) is 5.40. The summed E-state index contributed by atoms with van der Waals surface area (Å²) in [4.78, 5) is 10.2. The van der Waals surface area contributed by atoms with Crippen LogP contribution in [0.15, 0.2) is 91.0 Å². The van der Waals surface area contributed by atoms with Gasteiger partial charge in [-0.1, -0.05) is 98.8 Å². The minimum atomic E-state index is 0.287. The van der Waals surface area contributed by atoms with E-state index < -0.39 is 0 Å². The molecule has 0 aliphatic heterocycles. The largest absolute Gasteiger partial charge is 0.248 e. The van der Waals surface area contributed by atoms with Crippen LogP contribution in [0.3, 0.4) is 0 Å². The van der Waals surface area contributed by atoms with Crippen molar-refractivity contribution in [3.05, 3.63) is 96.7 Å². The second kappa shape index (κ2) is 7.14. The van der Waals surface area contributed by atoms with E-state index in [1.807, 2.05) is 6.07 Å². The van der Waals surface area contributed by atoms with Crippen LogP contribution in [0.1, 0.15) is 25.5 Å². The van der Waals surface area contributed by atoms with Crippen LogP contribution in [0, 0.1) is 0 Å². The highest BCUT2D eigenvalue weighted by Crippen LogP contribution is 2.34. The standard InChI is InChI=1S/C27H22N2/c1-18(2)25-26(20-12-7-4-8-13-20)28-24-17-16-22-21(19-10-5-3-6-11-19)14-9-15-23(22)27(24)29-25/h3-18H,1-2H3. The molecule has 0 saturated carbocycles. The first kappa shape index (κ1) is 17.6. The molecular formula is C27H22N2. The maximum absolute atomic E-state index is 5.15. The van der Waals surface area contributed by atoms with Crippen molar-refractivity contribution in [2.45, 2.75) is 19.8 Å². The van der Waals surface area contributed by atoms with E-state index in [2.05, 4.69) is 98.8 Å². The predicted octanol–water partition coefficient (Wildman–Crippen LogP) is 7.24. The summed E-state index contributed by atoms with van der Waals surface area (Å²) in [6, 6.07) is 31.6. The number of benzene rings is 4. The Balaban J connectivity index is 1.81. The summed E-state index contributed by atoms with van der Waals surface area (Å²) in [5.74, 6) is 0.287. The molecule has 0 saturated heterocycles. The number of hydrogen-bond donors (Lipinski definition) is 0. The Bertz CT molecular complexity index is 1310. The van der Waals surface area contributed by atoms with Gasteiger partial charge >= 0.3 is 0 Å². The number of rotatable bonds is 3. The van der Waals surface area contributed by atoms with Crippen LogP contribution in [0.5, 0.6) is 0 Å². The fraction of sp³-hybridized carbons (Fsp3) is 0.111. The Labute approximate surface area is 170 Å². The molecule has 0 spiro atoms. The van der Waals surface area contributed by atoms with Crippen molar-refractivity contribution in [1.29, 1.82) is 0 Å². The average Bonchev–Trinajstić information content (AvgIpc) is 2.78. The summed E-state index contributed by atoms with van der Waals surface area (Å²) >= 11 is 0. The minimum absolute atomic E-state index is 0.287. The molecule has 0 aliphatic rings. The summed E-state index contributed by atoms with van der Waals surface area (Å²) in [7, 11) is 0. The molecule has 4 aromatic carbocycles. The molecule has 0 N–H and O–H groups in total. The third kappa shape index (κ3) is 3.07. The molecule has 2 nitrogen and oxygen atoms in total. The second-order valence-electron chi connectivity index (χ2n) is 7.68. The average molecular weight is 374 g/mol. The topological polar surface area (TPSA) is 25.8 Å². The number of nitrogens with zero attached hydrogens (tertiary/aromatic N) is 2. The summed E-state index contributed by atoms with van der Waals surface area (Å²) in [5, 5.41) is 2.36. The maximum Gasteiger partial charge on any atom is 0.0969 e. The highest BCUT2D eigenvalue weighted by molar-refractivity contribution is 6.09. The van der Waals surface area contributed by atoms with Crippen molar-refractivity contribution in [3.8, 4) is 22.4 Å². The molecule has 0 aliphatic carbocycles. The van der Waals surface area contributed by atoms with Gasteiger partial charge in [-0.3, -0.25) is 0 Å². The summed E-state index contributed by atoms with van der Waals surface area (Å²) in [6.45, 7) is 4.37. The van der Waals surface area contributed by atoms with Crippen molar-refractivity contribution in [2.75, 3.05) is 0 Å². The van der Waals surface area contributed by atoms with Gasteiger partial charge in [-0.2, -0.15) is 0 Å². The van der Waals surface area contributed by atoms with Gasteiger partial charge in [0, 0.05) is 10.9 Å². The Morgan fingerprint density at radius 3 is 1.97 bits per heavy atom. The van der Waals surface area contributed by atoms with E-state index in [-0.39, 0.29) is 5.92 Å². The zero-order chi connectivity index (χ0) is 19.8. The third-order valence-electron chi connectivity index (χ3n) is 5.40. The fourth-order valence-corrected chi connectivity index (χ4v) is 3.97. The SMILES string of the molecule is CC(C)c1nc2c(ccc3c(-c4ccccc4)cccc32)nc1-c1ccccc1. The van der Waals surface area contributed by atoms with Gasteiger partial charge in [0.05, 0.1) is 22.4 Å². The van der Waals surface area contributed by atoms with Crippen LogP contribution in [-0.4, -0.2) is 9.97 Å².